The minimum atomic E-state index is 0.584. The van der Waals surface area contributed by atoms with E-state index in [-0.39, 0.29) is 0 Å². The number of aromatic nitrogens is 1. The third-order valence-electron chi connectivity index (χ3n) is 5.28. The van der Waals surface area contributed by atoms with E-state index in [0.29, 0.717) is 10.0 Å². The Morgan fingerprint density at radius 2 is 1.73 bits per heavy atom. The number of nitrogens with one attached hydrogen (secondary N) is 1. The van der Waals surface area contributed by atoms with Crippen molar-refractivity contribution in [2.45, 2.75) is 6.42 Å². The molecule has 1 saturated heterocycles. The highest BCUT2D eigenvalue weighted by atomic mass is 35.5. The van der Waals surface area contributed by atoms with Gasteiger partial charge in [0.15, 0.2) is 0 Å². The molecule has 30 heavy (non-hydrogen) atoms. The summed E-state index contributed by atoms with van der Waals surface area (Å²) in [6.07, 6.45) is 1.03. The number of hydrogen-bond donors (Lipinski definition) is 1. The number of likely N-dealkylation sites (N-methyl/N-ethyl adjacent to an activating group) is 1. The minimum Gasteiger partial charge on any atom is -0.494 e. The molecule has 1 aliphatic heterocycles. The van der Waals surface area contributed by atoms with E-state index in [1.165, 1.54) is 0 Å². The van der Waals surface area contributed by atoms with Crippen molar-refractivity contribution in [1.29, 1.82) is 0 Å². The smallest absolute Gasteiger partial charge is 0.131 e. The molecular weight excluding hydrogens is 419 g/mol. The lowest BCUT2D eigenvalue weighted by molar-refractivity contribution is 0.145. The Balaban J connectivity index is 1.32. The number of ether oxygens (including phenoxy) is 1. The molecule has 1 aromatic heterocycles. The summed E-state index contributed by atoms with van der Waals surface area (Å²) in [5.41, 5.74) is 1.71. The van der Waals surface area contributed by atoms with Crippen LogP contribution in [0.15, 0.2) is 48.5 Å². The topological polar surface area (TPSA) is 40.6 Å². The molecule has 0 radical (unpaired) electrons. The Labute approximate surface area is 187 Å². The van der Waals surface area contributed by atoms with Crippen molar-refractivity contribution in [2.24, 2.45) is 0 Å². The van der Waals surface area contributed by atoms with Crippen LogP contribution in [0.2, 0.25) is 10.0 Å². The lowest BCUT2D eigenvalue weighted by Crippen LogP contribution is -2.44. The monoisotopic (exact) mass is 444 g/mol. The lowest BCUT2D eigenvalue weighted by atomic mass is 10.2. The highest BCUT2D eigenvalue weighted by Crippen LogP contribution is 2.26. The van der Waals surface area contributed by atoms with E-state index in [9.17, 15) is 0 Å². The number of hydrogen-bond acceptors (Lipinski definition) is 5. The molecule has 0 spiro atoms. The van der Waals surface area contributed by atoms with E-state index in [4.69, 9.17) is 27.9 Å². The van der Waals surface area contributed by atoms with Gasteiger partial charge in [0, 0.05) is 53.8 Å². The van der Waals surface area contributed by atoms with Crippen LogP contribution in [-0.4, -0.2) is 61.2 Å². The van der Waals surface area contributed by atoms with E-state index >= 15 is 0 Å². The molecule has 4 rings (SSSR count). The molecule has 0 aliphatic carbocycles. The van der Waals surface area contributed by atoms with Crippen molar-refractivity contribution in [3.05, 3.63) is 58.6 Å². The molecule has 3 aromatic rings. The molecule has 0 amide bonds. The standard InChI is InChI=1S/C23H26Cl2N4O/c1-28-8-10-29(11-9-28)7-2-12-30-21-4-5-22-17(13-21)3-6-23(27-22)26-20-15-18(24)14-19(25)16-20/h3-6,13-16H,2,7-12H2,1H3,(H,26,27). The minimum absolute atomic E-state index is 0.584. The molecule has 0 saturated carbocycles. The van der Waals surface area contributed by atoms with Gasteiger partial charge in [-0.1, -0.05) is 23.2 Å². The second-order valence-corrected chi connectivity index (χ2v) is 8.55. The third-order valence-corrected chi connectivity index (χ3v) is 5.72. The van der Waals surface area contributed by atoms with Crippen LogP contribution in [0.3, 0.4) is 0 Å². The van der Waals surface area contributed by atoms with Crippen molar-refractivity contribution in [3.63, 3.8) is 0 Å². The first-order chi connectivity index (χ1) is 14.5. The Bertz CT molecular complexity index is 985. The fourth-order valence-corrected chi connectivity index (χ4v) is 4.11. The summed E-state index contributed by atoms with van der Waals surface area (Å²) in [6, 6.07) is 15.3. The predicted octanol–water partition coefficient (Wildman–Crippen LogP) is 5.30. The van der Waals surface area contributed by atoms with Crippen molar-refractivity contribution in [2.75, 3.05) is 51.7 Å². The van der Waals surface area contributed by atoms with E-state index in [1.54, 1.807) is 6.07 Å². The fraction of sp³-hybridized carbons (Fsp3) is 0.348. The summed E-state index contributed by atoms with van der Waals surface area (Å²) in [4.78, 5) is 9.56. The van der Waals surface area contributed by atoms with Crippen molar-refractivity contribution < 1.29 is 4.74 Å². The molecule has 1 fully saturated rings. The second-order valence-electron chi connectivity index (χ2n) is 7.68. The predicted molar refractivity (Wildman–Crippen MR) is 126 cm³/mol. The molecule has 1 N–H and O–H groups in total. The molecular formula is C23H26Cl2N4O. The molecule has 7 heteroatoms. The molecule has 0 bridgehead atoms. The number of benzene rings is 2. The van der Waals surface area contributed by atoms with Gasteiger partial charge >= 0.3 is 0 Å². The average molecular weight is 445 g/mol. The van der Waals surface area contributed by atoms with Crippen molar-refractivity contribution in [1.82, 2.24) is 14.8 Å². The number of fused-ring (bicyclic) bond motifs is 1. The van der Waals surface area contributed by atoms with Gasteiger partial charge in [0.2, 0.25) is 0 Å². The fourth-order valence-electron chi connectivity index (χ4n) is 3.59. The van der Waals surface area contributed by atoms with Gasteiger partial charge in [0.1, 0.15) is 11.6 Å². The zero-order chi connectivity index (χ0) is 20.9. The number of rotatable bonds is 7. The normalized spacial score (nSPS) is 15.4. The summed E-state index contributed by atoms with van der Waals surface area (Å²) >= 11 is 12.1. The van der Waals surface area contributed by atoms with E-state index in [1.807, 2.05) is 42.5 Å². The van der Waals surface area contributed by atoms with E-state index in [0.717, 1.165) is 73.9 Å². The maximum absolute atomic E-state index is 6.07. The van der Waals surface area contributed by atoms with Gasteiger partial charge in [-0.3, -0.25) is 0 Å². The van der Waals surface area contributed by atoms with Crippen molar-refractivity contribution in [3.8, 4) is 5.75 Å². The van der Waals surface area contributed by atoms with Crippen LogP contribution in [0.25, 0.3) is 10.9 Å². The highest BCUT2D eigenvalue weighted by Gasteiger charge is 2.12. The molecule has 158 valence electrons. The summed E-state index contributed by atoms with van der Waals surface area (Å²) in [5.74, 6) is 1.62. The first-order valence-corrected chi connectivity index (χ1v) is 11.0. The first-order valence-electron chi connectivity index (χ1n) is 10.2. The Morgan fingerprint density at radius 3 is 2.50 bits per heavy atom. The summed E-state index contributed by atoms with van der Waals surface area (Å²) in [6.45, 7) is 6.41. The molecule has 2 heterocycles. The molecule has 2 aromatic carbocycles. The van der Waals surface area contributed by atoms with Gasteiger partial charge in [-0.25, -0.2) is 4.98 Å². The summed E-state index contributed by atoms with van der Waals surface area (Å²) in [5, 5.41) is 5.46. The van der Waals surface area contributed by atoms with Crippen LogP contribution in [0, 0.1) is 0 Å². The van der Waals surface area contributed by atoms with Crippen LogP contribution in [0.1, 0.15) is 6.42 Å². The molecule has 0 unspecified atom stereocenters. The van der Waals surface area contributed by atoms with Gasteiger partial charge < -0.3 is 19.9 Å². The Morgan fingerprint density at radius 1 is 0.967 bits per heavy atom. The number of halogens is 2. The first kappa shape index (κ1) is 21.2. The lowest BCUT2D eigenvalue weighted by Gasteiger charge is -2.32. The molecule has 0 atom stereocenters. The zero-order valence-corrected chi connectivity index (χ0v) is 18.6. The van der Waals surface area contributed by atoms with Gasteiger partial charge in [0.25, 0.3) is 0 Å². The SMILES string of the molecule is CN1CCN(CCCOc2ccc3nc(Nc4cc(Cl)cc(Cl)c4)ccc3c2)CC1. The number of pyridine rings is 1. The third kappa shape index (κ3) is 5.76. The van der Waals surface area contributed by atoms with Gasteiger partial charge in [-0.2, -0.15) is 0 Å². The number of piperazine rings is 1. The Hall–Kier alpha value is -2.05. The Kier molecular flexibility index (Phi) is 6.95. The van der Waals surface area contributed by atoms with Crippen LogP contribution in [0.5, 0.6) is 5.75 Å². The largest absolute Gasteiger partial charge is 0.494 e. The van der Waals surface area contributed by atoms with E-state index in [2.05, 4.69) is 27.1 Å². The van der Waals surface area contributed by atoms with Gasteiger partial charge in [0.05, 0.1) is 12.1 Å². The summed E-state index contributed by atoms with van der Waals surface area (Å²) in [7, 11) is 2.18. The number of nitrogens with zero attached hydrogens (tertiary/aromatic N) is 3. The summed E-state index contributed by atoms with van der Waals surface area (Å²) < 4.78 is 5.97. The maximum Gasteiger partial charge on any atom is 0.131 e. The van der Waals surface area contributed by atoms with Crippen LogP contribution in [-0.2, 0) is 0 Å². The average Bonchev–Trinajstić information content (AvgIpc) is 2.72. The molecule has 1 aliphatic rings. The quantitative estimate of drug-likeness (QED) is 0.500. The van der Waals surface area contributed by atoms with Crippen LogP contribution in [0.4, 0.5) is 11.5 Å². The number of anilines is 2. The van der Waals surface area contributed by atoms with Gasteiger partial charge in [-0.05, 0) is 62.0 Å². The van der Waals surface area contributed by atoms with Gasteiger partial charge in [-0.15, -0.1) is 0 Å². The van der Waals surface area contributed by atoms with Crippen LogP contribution < -0.4 is 10.1 Å². The van der Waals surface area contributed by atoms with E-state index < -0.39 is 0 Å². The maximum atomic E-state index is 6.07. The molecule has 5 nitrogen and oxygen atoms in total. The highest BCUT2D eigenvalue weighted by molar-refractivity contribution is 6.35. The zero-order valence-electron chi connectivity index (χ0n) is 17.1. The van der Waals surface area contributed by atoms with Crippen molar-refractivity contribution >= 4 is 45.6 Å². The second kappa shape index (κ2) is 9.84. The van der Waals surface area contributed by atoms with Crippen LogP contribution >= 0.6 is 23.2 Å².